The molecule has 0 bridgehead atoms. The fourth-order valence-corrected chi connectivity index (χ4v) is 4.21. The Kier molecular flexibility index (Phi) is 7.04. The van der Waals surface area contributed by atoms with Crippen molar-refractivity contribution in [3.63, 3.8) is 0 Å². The molecule has 0 aliphatic heterocycles. The number of rotatable bonds is 8. The lowest BCUT2D eigenvalue weighted by Crippen LogP contribution is -2.28. The summed E-state index contributed by atoms with van der Waals surface area (Å²) >= 11 is 1.19. The van der Waals surface area contributed by atoms with E-state index in [1.165, 1.54) is 28.5 Å². The van der Waals surface area contributed by atoms with Gasteiger partial charge in [-0.3, -0.25) is 14.2 Å². The van der Waals surface area contributed by atoms with Crippen LogP contribution in [0.5, 0.6) is 5.75 Å². The molecule has 1 heterocycles. The van der Waals surface area contributed by atoms with E-state index in [-0.39, 0.29) is 23.0 Å². The quantitative estimate of drug-likeness (QED) is 0.316. The Labute approximate surface area is 194 Å². The number of para-hydroxylation sites is 1. The van der Waals surface area contributed by atoms with Gasteiger partial charge in [-0.15, -0.1) is 0 Å². The molecule has 33 heavy (non-hydrogen) atoms. The van der Waals surface area contributed by atoms with Crippen LogP contribution in [0.15, 0.2) is 82.7 Å². The number of halogens is 1. The van der Waals surface area contributed by atoms with Crippen LogP contribution in [0.25, 0.3) is 16.6 Å². The van der Waals surface area contributed by atoms with Crippen LogP contribution in [-0.2, 0) is 11.2 Å². The summed E-state index contributed by atoms with van der Waals surface area (Å²) in [6.07, 6.45) is 0.597. The molecule has 6 nitrogen and oxygen atoms in total. The smallest absolute Gasteiger partial charge is 0.266 e. The molecule has 0 radical (unpaired) electrons. The molecule has 1 amide bonds. The number of nitrogens with zero attached hydrogens (tertiary/aromatic N) is 2. The number of benzene rings is 3. The summed E-state index contributed by atoms with van der Waals surface area (Å²) in [5.41, 5.74) is 1.90. The summed E-state index contributed by atoms with van der Waals surface area (Å²) < 4.78 is 19.8. The first kappa shape index (κ1) is 22.5. The highest BCUT2D eigenvalue weighted by molar-refractivity contribution is 7.99. The minimum absolute atomic E-state index is 0.0954. The zero-order valence-electron chi connectivity index (χ0n) is 18.0. The molecule has 0 spiro atoms. The highest BCUT2D eigenvalue weighted by Crippen LogP contribution is 2.23. The van der Waals surface area contributed by atoms with Gasteiger partial charge in [0, 0.05) is 12.6 Å². The zero-order valence-corrected chi connectivity index (χ0v) is 18.8. The molecule has 0 aliphatic rings. The van der Waals surface area contributed by atoms with Gasteiger partial charge >= 0.3 is 0 Å². The summed E-state index contributed by atoms with van der Waals surface area (Å²) in [5, 5.41) is 3.77. The molecule has 0 fully saturated rings. The third-order valence-electron chi connectivity index (χ3n) is 5.04. The third-order valence-corrected chi connectivity index (χ3v) is 5.98. The number of carbonyl (C=O) groups excluding carboxylic acids is 1. The van der Waals surface area contributed by atoms with Crippen molar-refractivity contribution in [3.05, 3.63) is 94.5 Å². The molecule has 168 valence electrons. The van der Waals surface area contributed by atoms with Gasteiger partial charge in [0.2, 0.25) is 5.91 Å². The van der Waals surface area contributed by atoms with E-state index in [9.17, 15) is 14.0 Å². The van der Waals surface area contributed by atoms with Crippen LogP contribution in [0.4, 0.5) is 4.39 Å². The van der Waals surface area contributed by atoms with Crippen molar-refractivity contribution in [1.29, 1.82) is 0 Å². The number of ether oxygens (including phenoxy) is 1. The van der Waals surface area contributed by atoms with Gasteiger partial charge in [0.15, 0.2) is 5.16 Å². The molecule has 0 saturated carbocycles. The van der Waals surface area contributed by atoms with Gasteiger partial charge < -0.3 is 10.1 Å². The van der Waals surface area contributed by atoms with E-state index in [1.54, 1.807) is 61.7 Å². The first-order chi connectivity index (χ1) is 16.0. The molecule has 0 saturated heterocycles. The second kappa shape index (κ2) is 10.3. The summed E-state index contributed by atoms with van der Waals surface area (Å²) in [4.78, 5) is 30.4. The molecule has 4 aromatic rings. The first-order valence-electron chi connectivity index (χ1n) is 10.4. The number of methoxy groups -OCH3 is 1. The number of thioether (sulfide) groups is 1. The molecule has 0 atom stereocenters. The second-order valence-corrected chi connectivity index (χ2v) is 8.21. The van der Waals surface area contributed by atoms with Crippen molar-refractivity contribution < 1.29 is 13.9 Å². The Morgan fingerprint density at radius 3 is 2.67 bits per heavy atom. The Hall–Kier alpha value is -3.65. The van der Waals surface area contributed by atoms with Crippen molar-refractivity contribution in [3.8, 4) is 11.4 Å². The number of carbonyl (C=O) groups is 1. The van der Waals surface area contributed by atoms with Crippen molar-refractivity contribution in [2.45, 2.75) is 11.6 Å². The van der Waals surface area contributed by atoms with E-state index < -0.39 is 0 Å². The largest absolute Gasteiger partial charge is 0.497 e. The Morgan fingerprint density at radius 2 is 1.88 bits per heavy atom. The molecule has 0 aliphatic carbocycles. The minimum Gasteiger partial charge on any atom is -0.497 e. The molecule has 1 N–H and O–H groups in total. The predicted octanol–water partition coefficient (Wildman–Crippen LogP) is 3.98. The normalized spacial score (nSPS) is 10.8. The minimum atomic E-state index is -0.288. The number of nitrogens with one attached hydrogen (secondary N) is 1. The topological polar surface area (TPSA) is 73.2 Å². The van der Waals surface area contributed by atoms with Crippen molar-refractivity contribution >= 4 is 28.6 Å². The SMILES string of the molecule is COc1cccc(-n2c(SCC(=O)NCCc3ccc(F)cc3)nc3ccccc3c2=O)c1. The van der Waals surface area contributed by atoms with E-state index >= 15 is 0 Å². The van der Waals surface area contributed by atoms with Crippen LogP contribution < -0.4 is 15.6 Å². The molecular formula is C25H22FN3O3S. The van der Waals surface area contributed by atoms with Crippen LogP contribution in [-0.4, -0.2) is 34.9 Å². The molecule has 0 unspecified atom stereocenters. The molecule has 4 rings (SSSR count). The summed E-state index contributed by atoms with van der Waals surface area (Å²) in [5.74, 6) is 0.242. The average molecular weight is 464 g/mol. The van der Waals surface area contributed by atoms with Crippen LogP contribution in [0, 0.1) is 5.82 Å². The van der Waals surface area contributed by atoms with Crippen LogP contribution in [0.3, 0.4) is 0 Å². The summed E-state index contributed by atoms with van der Waals surface area (Å²) in [6, 6.07) is 20.5. The van der Waals surface area contributed by atoms with Crippen molar-refractivity contribution in [2.75, 3.05) is 19.4 Å². The number of hydrogen-bond acceptors (Lipinski definition) is 5. The second-order valence-electron chi connectivity index (χ2n) is 7.27. The fraction of sp³-hybridized carbons (Fsp3) is 0.160. The van der Waals surface area contributed by atoms with Crippen molar-refractivity contribution in [1.82, 2.24) is 14.9 Å². The predicted molar refractivity (Wildman–Crippen MR) is 128 cm³/mol. The van der Waals surface area contributed by atoms with Gasteiger partial charge in [-0.2, -0.15) is 0 Å². The van der Waals surface area contributed by atoms with Gasteiger partial charge in [0.05, 0.1) is 29.5 Å². The Balaban J connectivity index is 1.53. The Morgan fingerprint density at radius 1 is 1.09 bits per heavy atom. The maximum absolute atomic E-state index is 13.3. The van der Waals surface area contributed by atoms with Crippen molar-refractivity contribution in [2.24, 2.45) is 0 Å². The maximum atomic E-state index is 13.3. The van der Waals surface area contributed by atoms with Gasteiger partial charge in [-0.25, -0.2) is 9.37 Å². The summed E-state index contributed by atoms with van der Waals surface area (Å²) in [6.45, 7) is 0.429. The monoisotopic (exact) mass is 463 g/mol. The zero-order chi connectivity index (χ0) is 23.2. The number of amides is 1. The van der Waals surface area contributed by atoms with Crippen LogP contribution in [0.2, 0.25) is 0 Å². The molecule has 3 aromatic carbocycles. The van der Waals surface area contributed by atoms with Gasteiger partial charge in [0.1, 0.15) is 11.6 Å². The van der Waals surface area contributed by atoms with E-state index in [0.29, 0.717) is 40.5 Å². The van der Waals surface area contributed by atoms with E-state index in [2.05, 4.69) is 10.3 Å². The lowest BCUT2D eigenvalue weighted by atomic mass is 10.1. The van der Waals surface area contributed by atoms with Gasteiger partial charge in [-0.1, -0.05) is 42.1 Å². The maximum Gasteiger partial charge on any atom is 0.266 e. The number of aromatic nitrogens is 2. The van der Waals surface area contributed by atoms with Gasteiger partial charge in [0.25, 0.3) is 5.56 Å². The molecule has 1 aromatic heterocycles. The first-order valence-corrected chi connectivity index (χ1v) is 11.3. The lowest BCUT2D eigenvalue weighted by molar-refractivity contribution is -0.118. The standard InChI is InChI=1S/C25H22FN3O3S/c1-32-20-6-4-5-19(15-20)29-24(31)21-7-2-3-8-22(21)28-25(29)33-16-23(30)27-14-13-17-9-11-18(26)12-10-17/h2-12,15H,13-14,16H2,1H3,(H,27,30). The van der Waals surface area contributed by atoms with E-state index in [4.69, 9.17) is 4.74 Å². The fourth-order valence-electron chi connectivity index (χ4n) is 3.36. The van der Waals surface area contributed by atoms with Crippen LogP contribution in [0.1, 0.15) is 5.56 Å². The van der Waals surface area contributed by atoms with E-state index in [1.807, 2.05) is 6.07 Å². The number of fused-ring (bicyclic) bond motifs is 1. The average Bonchev–Trinajstić information content (AvgIpc) is 2.84. The highest BCUT2D eigenvalue weighted by atomic mass is 32.2. The summed E-state index contributed by atoms with van der Waals surface area (Å²) in [7, 11) is 1.56. The lowest BCUT2D eigenvalue weighted by Gasteiger charge is -2.14. The van der Waals surface area contributed by atoms with E-state index in [0.717, 1.165) is 5.56 Å². The highest BCUT2D eigenvalue weighted by Gasteiger charge is 2.15. The van der Waals surface area contributed by atoms with Crippen LogP contribution >= 0.6 is 11.8 Å². The molecule has 8 heteroatoms. The number of hydrogen-bond donors (Lipinski definition) is 1. The van der Waals surface area contributed by atoms with Gasteiger partial charge in [-0.05, 0) is 48.4 Å². The third kappa shape index (κ3) is 5.40. The Bertz CT molecular complexity index is 1340. The molecular weight excluding hydrogens is 441 g/mol.